The molecule has 1 fully saturated rings. The number of nitrogens with zero attached hydrogens (tertiary/aromatic N) is 6. The fourth-order valence-electron chi connectivity index (χ4n) is 4.78. The van der Waals surface area contributed by atoms with Crippen molar-refractivity contribution in [1.82, 2.24) is 24.8 Å². The van der Waals surface area contributed by atoms with Crippen molar-refractivity contribution in [2.45, 2.75) is 64.0 Å². The number of pyridine rings is 1. The summed E-state index contributed by atoms with van der Waals surface area (Å²) in [6, 6.07) is 10.0. The van der Waals surface area contributed by atoms with Gasteiger partial charge in [-0.05, 0) is 70.7 Å². The number of nitriles is 1. The molecule has 0 saturated heterocycles. The minimum atomic E-state index is -0.726. The fourth-order valence-corrected chi connectivity index (χ4v) is 5.82. The first-order valence-electron chi connectivity index (χ1n) is 12.2. The van der Waals surface area contributed by atoms with Crippen LogP contribution in [0.2, 0.25) is 0 Å². The van der Waals surface area contributed by atoms with Gasteiger partial charge in [0.1, 0.15) is 16.7 Å². The Balaban J connectivity index is 1.42. The van der Waals surface area contributed by atoms with Crippen LogP contribution in [0.3, 0.4) is 0 Å². The van der Waals surface area contributed by atoms with E-state index < -0.39 is 11.7 Å². The number of carbonyl (C=O) groups excluding carboxylic acids is 1. The predicted molar refractivity (Wildman–Crippen MR) is 141 cm³/mol. The molecule has 3 N–H and O–H groups in total. The Morgan fingerprint density at radius 2 is 2.05 bits per heavy atom. The molecule has 0 aliphatic heterocycles. The van der Waals surface area contributed by atoms with E-state index in [0.29, 0.717) is 5.56 Å². The Morgan fingerprint density at radius 3 is 2.76 bits per heavy atom. The van der Waals surface area contributed by atoms with Gasteiger partial charge in [0, 0.05) is 23.8 Å². The normalized spacial score (nSPS) is 19.6. The van der Waals surface area contributed by atoms with Crippen LogP contribution in [0.15, 0.2) is 36.7 Å². The topological polar surface area (TPSA) is 144 Å². The van der Waals surface area contributed by atoms with Gasteiger partial charge in [0.2, 0.25) is 0 Å². The molecule has 37 heavy (non-hydrogen) atoms. The summed E-state index contributed by atoms with van der Waals surface area (Å²) in [7, 11) is 0. The molecule has 1 amide bonds. The van der Waals surface area contributed by atoms with E-state index in [1.165, 1.54) is 0 Å². The smallest absolute Gasteiger partial charge is 0.405 e. The number of rotatable bonds is 6. The molecular formula is C26H28N8O2S. The van der Waals surface area contributed by atoms with Crippen LogP contribution in [0.25, 0.3) is 27.5 Å². The van der Waals surface area contributed by atoms with Gasteiger partial charge in [-0.2, -0.15) is 10.4 Å². The van der Waals surface area contributed by atoms with E-state index >= 15 is 0 Å². The number of aromatic nitrogens is 5. The van der Waals surface area contributed by atoms with Crippen molar-refractivity contribution in [3.63, 3.8) is 0 Å². The fraction of sp³-hybridized carbons (Fsp3) is 0.385. The Kier molecular flexibility index (Phi) is 6.52. The van der Waals surface area contributed by atoms with Crippen molar-refractivity contribution in [1.29, 1.82) is 5.26 Å². The molecule has 0 aromatic carbocycles. The number of fused-ring (bicyclic) bond motifs is 1. The molecule has 1 aliphatic rings. The third kappa shape index (κ3) is 5.11. The van der Waals surface area contributed by atoms with Gasteiger partial charge in [0.15, 0.2) is 5.01 Å². The van der Waals surface area contributed by atoms with E-state index in [9.17, 15) is 4.79 Å². The van der Waals surface area contributed by atoms with E-state index in [0.717, 1.165) is 63.9 Å². The summed E-state index contributed by atoms with van der Waals surface area (Å²) in [6.45, 7) is 6.10. The van der Waals surface area contributed by atoms with Crippen LogP contribution in [0.4, 0.5) is 10.5 Å². The number of hydrogen-bond acceptors (Lipinski definition) is 9. The maximum atomic E-state index is 11.2. The largest absolute Gasteiger partial charge is 0.443 e. The van der Waals surface area contributed by atoms with Crippen molar-refractivity contribution >= 4 is 28.6 Å². The summed E-state index contributed by atoms with van der Waals surface area (Å²) >= 11 is 1.57. The third-order valence-corrected chi connectivity index (χ3v) is 7.77. The molecule has 5 rings (SSSR count). The highest BCUT2D eigenvalue weighted by Gasteiger charge is 2.35. The zero-order valence-corrected chi connectivity index (χ0v) is 21.7. The molecule has 4 aromatic heterocycles. The summed E-state index contributed by atoms with van der Waals surface area (Å²) in [5.74, 6) is 0.265. The molecular weight excluding hydrogens is 488 g/mol. The number of primary amides is 1. The van der Waals surface area contributed by atoms with Crippen molar-refractivity contribution < 1.29 is 9.53 Å². The number of nitrogens with two attached hydrogens (primary N) is 1. The van der Waals surface area contributed by atoms with Crippen LogP contribution in [-0.4, -0.2) is 42.5 Å². The van der Waals surface area contributed by atoms with Gasteiger partial charge in [-0.1, -0.05) is 11.3 Å². The van der Waals surface area contributed by atoms with Crippen LogP contribution >= 0.6 is 11.3 Å². The third-order valence-electron chi connectivity index (χ3n) is 6.65. The Hall–Kier alpha value is -4.04. The van der Waals surface area contributed by atoms with E-state index in [4.69, 9.17) is 20.7 Å². The quantitative estimate of drug-likeness (QED) is 0.359. The molecule has 1 saturated carbocycles. The van der Waals surface area contributed by atoms with Gasteiger partial charge in [-0.25, -0.2) is 9.31 Å². The summed E-state index contributed by atoms with van der Waals surface area (Å²) in [5.41, 5.74) is 9.46. The monoisotopic (exact) mass is 516 g/mol. The Labute approximate surface area is 218 Å². The molecule has 4 heterocycles. The second-order valence-corrected chi connectivity index (χ2v) is 10.9. The van der Waals surface area contributed by atoms with Crippen LogP contribution in [0.1, 0.15) is 62.9 Å². The summed E-state index contributed by atoms with van der Waals surface area (Å²) in [4.78, 5) is 16.0. The number of hydrogen-bond donors (Lipinski definition) is 2. The summed E-state index contributed by atoms with van der Waals surface area (Å²) in [5, 5.41) is 27.9. The van der Waals surface area contributed by atoms with Crippen molar-refractivity contribution in [3.05, 3.63) is 47.2 Å². The zero-order chi connectivity index (χ0) is 26.2. The lowest BCUT2D eigenvalue weighted by molar-refractivity contribution is -0.00108. The Morgan fingerprint density at radius 1 is 1.27 bits per heavy atom. The minimum Gasteiger partial charge on any atom is -0.443 e. The molecule has 0 bridgehead atoms. The van der Waals surface area contributed by atoms with Gasteiger partial charge < -0.3 is 15.8 Å². The van der Waals surface area contributed by atoms with Gasteiger partial charge in [-0.15, -0.1) is 10.2 Å². The highest BCUT2D eigenvalue weighted by atomic mass is 32.1. The van der Waals surface area contributed by atoms with E-state index in [1.54, 1.807) is 28.1 Å². The molecule has 0 radical (unpaired) electrons. The second kappa shape index (κ2) is 9.78. The average molecular weight is 517 g/mol. The molecule has 0 unspecified atom stereocenters. The Bertz CT molecular complexity index is 1490. The molecule has 190 valence electrons. The first kappa shape index (κ1) is 24.6. The molecule has 10 nitrogen and oxygen atoms in total. The zero-order valence-electron chi connectivity index (χ0n) is 20.9. The first-order chi connectivity index (χ1) is 17.7. The minimum absolute atomic E-state index is 0.197. The first-order valence-corrected chi connectivity index (χ1v) is 13.0. The number of amides is 1. The highest BCUT2D eigenvalue weighted by molar-refractivity contribution is 7.14. The maximum absolute atomic E-state index is 11.2. The van der Waals surface area contributed by atoms with Crippen LogP contribution in [-0.2, 0) is 4.74 Å². The second-order valence-electron chi connectivity index (χ2n) is 9.92. The van der Waals surface area contributed by atoms with E-state index in [1.807, 2.05) is 31.3 Å². The predicted octanol–water partition coefficient (Wildman–Crippen LogP) is 5.12. The average Bonchev–Trinajstić information content (AvgIpc) is 3.50. The van der Waals surface area contributed by atoms with E-state index in [2.05, 4.69) is 40.5 Å². The van der Waals surface area contributed by atoms with Crippen molar-refractivity contribution in [3.8, 4) is 28.0 Å². The number of nitrogens with one attached hydrogen (secondary N) is 1. The van der Waals surface area contributed by atoms with Crippen LogP contribution in [0.5, 0.6) is 0 Å². The van der Waals surface area contributed by atoms with Gasteiger partial charge in [0.05, 0.1) is 34.2 Å². The number of anilines is 1. The summed E-state index contributed by atoms with van der Waals surface area (Å²) in [6.07, 6.45) is 5.84. The van der Waals surface area contributed by atoms with Gasteiger partial charge in [0.25, 0.3) is 0 Å². The van der Waals surface area contributed by atoms with Crippen molar-refractivity contribution in [2.24, 2.45) is 5.73 Å². The van der Waals surface area contributed by atoms with Crippen LogP contribution in [0, 0.1) is 11.3 Å². The lowest BCUT2D eigenvalue weighted by atomic mass is 9.80. The highest BCUT2D eigenvalue weighted by Crippen LogP contribution is 2.42. The molecule has 0 atom stereocenters. The van der Waals surface area contributed by atoms with Crippen LogP contribution < -0.4 is 11.1 Å². The van der Waals surface area contributed by atoms with E-state index in [-0.39, 0.29) is 12.0 Å². The van der Waals surface area contributed by atoms with Gasteiger partial charge in [-0.3, -0.25) is 4.98 Å². The van der Waals surface area contributed by atoms with Gasteiger partial charge >= 0.3 is 6.09 Å². The standard InChI is InChI=1S/C26H28N8O2S/c1-15(2)31-20-11-21(22-5-4-18-10-16(12-27)13-30-34(18)22)29-14-19(20)24-33-32-23(37-24)17-6-8-26(3,9-7-17)36-25(28)35/h4-5,10-11,13-15,17H,6-9H2,1-3H3,(H2,28,35)(H,29,31). The lowest BCUT2D eigenvalue weighted by Crippen LogP contribution is -2.37. The summed E-state index contributed by atoms with van der Waals surface area (Å²) < 4.78 is 7.12. The maximum Gasteiger partial charge on any atom is 0.405 e. The number of carbonyl (C=O) groups is 1. The SMILES string of the molecule is CC(C)Nc1cc(-c2ccc3cc(C#N)cnn23)ncc1-c1nnc(C2CCC(C)(OC(N)=O)CC2)s1. The molecule has 4 aromatic rings. The number of ether oxygens (including phenoxy) is 1. The molecule has 0 spiro atoms. The molecule has 11 heteroatoms. The molecule has 1 aliphatic carbocycles. The lowest BCUT2D eigenvalue weighted by Gasteiger charge is -2.35. The van der Waals surface area contributed by atoms with Crippen molar-refractivity contribution in [2.75, 3.05) is 5.32 Å².